The highest BCUT2D eigenvalue weighted by Crippen LogP contribution is 2.43. The molecule has 5 rings (SSSR count). The van der Waals surface area contributed by atoms with Gasteiger partial charge in [-0.25, -0.2) is 0 Å². The molecule has 196 valence electrons. The Labute approximate surface area is 220 Å². The fourth-order valence-corrected chi connectivity index (χ4v) is 6.74. The molecule has 0 radical (unpaired) electrons. The van der Waals surface area contributed by atoms with Crippen molar-refractivity contribution in [3.8, 4) is 11.8 Å². The minimum Gasteiger partial charge on any atom is -0.496 e. The van der Waals surface area contributed by atoms with Crippen molar-refractivity contribution in [3.05, 3.63) is 28.9 Å². The van der Waals surface area contributed by atoms with Gasteiger partial charge in [-0.1, -0.05) is 18.0 Å². The summed E-state index contributed by atoms with van der Waals surface area (Å²) in [4.78, 5) is 44.5. The average molecular weight is 526 g/mol. The molecule has 2 saturated heterocycles. The second-order valence-corrected chi connectivity index (χ2v) is 11.6. The summed E-state index contributed by atoms with van der Waals surface area (Å²) in [6, 6.07) is 5.83. The maximum absolute atomic E-state index is 13.7. The molecule has 10 heteroatoms. The number of rotatable bonds is 6. The molecule has 1 aliphatic carbocycles. The number of nitrogens with one attached hydrogen (secondary N) is 3. The number of fused-ring (bicyclic) bond motifs is 2. The van der Waals surface area contributed by atoms with Crippen LogP contribution in [-0.2, 0) is 9.59 Å². The number of aromatic amines is 1. The van der Waals surface area contributed by atoms with Gasteiger partial charge in [-0.3, -0.25) is 14.4 Å². The lowest BCUT2D eigenvalue weighted by atomic mass is 9.91. The third kappa shape index (κ3) is 4.75. The van der Waals surface area contributed by atoms with E-state index in [1.54, 1.807) is 30.2 Å². The number of methoxy groups -OCH3 is 1. The van der Waals surface area contributed by atoms with Gasteiger partial charge in [0.25, 0.3) is 5.91 Å². The second kappa shape index (κ2) is 9.56. The molecule has 1 aromatic carbocycles. The number of aromatic nitrogens is 1. The number of nitriles is 1. The van der Waals surface area contributed by atoms with E-state index in [0.717, 1.165) is 24.6 Å². The van der Waals surface area contributed by atoms with E-state index in [0.29, 0.717) is 34.9 Å². The lowest BCUT2D eigenvalue weighted by molar-refractivity contribution is -0.127. The third-order valence-electron chi connectivity index (χ3n) is 8.12. The summed E-state index contributed by atoms with van der Waals surface area (Å²) in [5.74, 6) is -0.184. The molecule has 1 saturated carbocycles. The van der Waals surface area contributed by atoms with Crippen LogP contribution in [0.2, 0.25) is 5.02 Å². The SMILES string of the molecule is COc1cc(Cl)cc2[nH]c(C(=O)N3C[C@@H]4CCC[C@@H]4[C@H]3C(=O)NC(C#N)C[C@@H]3CC(C)(C)NC3=O)cc12. The molecular formula is C27H32ClN5O4. The summed E-state index contributed by atoms with van der Waals surface area (Å²) in [7, 11) is 1.55. The molecule has 3 aliphatic rings. The Balaban J connectivity index is 1.37. The summed E-state index contributed by atoms with van der Waals surface area (Å²) in [5.41, 5.74) is 0.703. The van der Waals surface area contributed by atoms with E-state index < -0.39 is 12.1 Å². The fraction of sp³-hybridized carbons (Fsp3) is 0.556. The molecule has 5 atom stereocenters. The van der Waals surface area contributed by atoms with Crippen LogP contribution >= 0.6 is 11.6 Å². The van der Waals surface area contributed by atoms with Crippen LogP contribution in [0.25, 0.3) is 10.9 Å². The maximum Gasteiger partial charge on any atom is 0.271 e. The lowest BCUT2D eigenvalue weighted by Gasteiger charge is -2.28. The Morgan fingerprint density at radius 1 is 1.32 bits per heavy atom. The first-order valence-electron chi connectivity index (χ1n) is 12.8. The number of likely N-dealkylation sites (tertiary alicyclic amines) is 1. The van der Waals surface area contributed by atoms with E-state index >= 15 is 0 Å². The average Bonchev–Trinajstić information content (AvgIpc) is 3.59. The van der Waals surface area contributed by atoms with Crippen LogP contribution in [0.5, 0.6) is 5.75 Å². The van der Waals surface area contributed by atoms with Crippen LogP contribution in [-0.4, -0.2) is 58.9 Å². The number of nitrogens with zero attached hydrogens (tertiary/aromatic N) is 2. The normalized spacial score (nSPS) is 27.0. The van der Waals surface area contributed by atoms with E-state index in [-0.39, 0.29) is 47.4 Å². The van der Waals surface area contributed by atoms with E-state index in [4.69, 9.17) is 16.3 Å². The maximum atomic E-state index is 13.7. The fourth-order valence-electron chi connectivity index (χ4n) is 6.53. The molecule has 3 heterocycles. The van der Waals surface area contributed by atoms with Crippen LogP contribution in [0.1, 0.15) is 56.4 Å². The minimum absolute atomic E-state index is 0.0466. The number of halogens is 1. The van der Waals surface area contributed by atoms with Gasteiger partial charge in [-0.2, -0.15) is 5.26 Å². The quantitative estimate of drug-likeness (QED) is 0.532. The van der Waals surface area contributed by atoms with Gasteiger partial charge >= 0.3 is 0 Å². The molecular weight excluding hydrogens is 494 g/mol. The topological polar surface area (TPSA) is 127 Å². The van der Waals surface area contributed by atoms with Crippen molar-refractivity contribution in [3.63, 3.8) is 0 Å². The van der Waals surface area contributed by atoms with Gasteiger partial charge in [0, 0.05) is 28.4 Å². The van der Waals surface area contributed by atoms with E-state index in [1.165, 1.54) is 0 Å². The van der Waals surface area contributed by atoms with Gasteiger partial charge in [-0.15, -0.1) is 0 Å². The molecule has 3 N–H and O–H groups in total. The number of hydrogen-bond donors (Lipinski definition) is 3. The molecule has 2 aromatic rings. The van der Waals surface area contributed by atoms with Gasteiger partial charge in [0.2, 0.25) is 11.8 Å². The highest BCUT2D eigenvalue weighted by Gasteiger charge is 2.50. The van der Waals surface area contributed by atoms with Crippen molar-refractivity contribution < 1.29 is 19.1 Å². The Morgan fingerprint density at radius 3 is 2.78 bits per heavy atom. The molecule has 37 heavy (non-hydrogen) atoms. The summed E-state index contributed by atoms with van der Waals surface area (Å²) in [6.45, 7) is 4.38. The first-order chi connectivity index (χ1) is 17.6. The molecule has 3 fully saturated rings. The van der Waals surface area contributed by atoms with E-state index in [2.05, 4.69) is 21.7 Å². The summed E-state index contributed by atoms with van der Waals surface area (Å²) < 4.78 is 5.43. The van der Waals surface area contributed by atoms with Crippen LogP contribution in [0.3, 0.4) is 0 Å². The Kier molecular flexibility index (Phi) is 6.57. The smallest absolute Gasteiger partial charge is 0.271 e. The van der Waals surface area contributed by atoms with Crippen LogP contribution in [0.4, 0.5) is 0 Å². The van der Waals surface area contributed by atoms with Crippen molar-refractivity contribution in [2.45, 2.75) is 63.6 Å². The molecule has 1 unspecified atom stereocenters. The van der Waals surface area contributed by atoms with Gasteiger partial charge in [0.1, 0.15) is 23.5 Å². The van der Waals surface area contributed by atoms with Gasteiger partial charge in [0.15, 0.2) is 0 Å². The summed E-state index contributed by atoms with van der Waals surface area (Å²) in [6.07, 6.45) is 3.69. The minimum atomic E-state index is -0.811. The number of benzene rings is 1. The standard InChI is InChI=1S/C27H32ClN5O4/c1-27(2)11-15(24(34)32-27)7-17(12-29)30-25(35)23-18-6-4-5-14(18)13-33(23)26(36)21-10-19-20(31-21)8-16(28)9-22(19)37-3/h8-10,14-15,17-18,23,31H,4-7,11,13H2,1-3H3,(H,30,35)(H,32,34)/t14-,15+,17?,18-,23-/m0/s1. The Morgan fingerprint density at radius 2 is 2.11 bits per heavy atom. The molecule has 2 aliphatic heterocycles. The van der Waals surface area contributed by atoms with Crippen molar-refractivity contribution in [2.75, 3.05) is 13.7 Å². The Bertz CT molecular complexity index is 1300. The largest absolute Gasteiger partial charge is 0.496 e. The predicted octanol–water partition coefficient (Wildman–Crippen LogP) is 3.38. The first kappa shape index (κ1) is 25.4. The summed E-state index contributed by atoms with van der Waals surface area (Å²) in [5, 5.41) is 16.8. The second-order valence-electron chi connectivity index (χ2n) is 11.2. The zero-order chi connectivity index (χ0) is 26.5. The molecule has 1 aromatic heterocycles. The number of amides is 3. The number of ether oxygens (including phenoxy) is 1. The monoisotopic (exact) mass is 525 g/mol. The number of hydrogen-bond acceptors (Lipinski definition) is 5. The van der Waals surface area contributed by atoms with Crippen molar-refractivity contribution in [2.24, 2.45) is 17.8 Å². The number of carbonyl (C=O) groups is 3. The van der Waals surface area contributed by atoms with Crippen molar-refractivity contribution in [1.82, 2.24) is 20.5 Å². The van der Waals surface area contributed by atoms with Crippen LogP contribution in [0, 0.1) is 29.1 Å². The number of H-pyrrole nitrogens is 1. The van der Waals surface area contributed by atoms with Gasteiger partial charge in [-0.05, 0) is 69.6 Å². The van der Waals surface area contributed by atoms with Crippen LogP contribution < -0.4 is 15.4 Å². The Hall–Kier alpha value is -3.25. The molecule has 0 bridgehead atoms. The highest BCUT2D eigenvalue weighted by atomic mass is 35.5. The van der Waals surface area contributed by atoms with Crippen molar-refractivity contribution >= 4 is 40.2 Å². The zero-order valence-electron chi connectivity index (χ0n) is 21.3. The number of carbonyl (C=O) groups excluding carboxylic acids is 3. The molecule has 9 nitrogen and oxygen atoms in total. The lowest BCUT2D eigenvalue weighted by Crippen LogP contribution is -2.51. The molecule has 3 amide bonds. The van der Waals surface area contributed by atoms with E-state index in [1.807, 2.05) is 13.8 Å². The van der Waals surface area contributed by atoms with E-state index in [9.17, 15) is 19.6 Å². The first-order valence-corrected chi connectivity index (χ1v) is 13.2. The third-order valence-corrected chi connectivity index (χ3v) is 8.33. The van der Waals surface area contributed by atoms with Gasteiger partial charge < -0.3 is 25.3 Å². The predicted molar refractivity (Wildman–Crippen MR) is 138 cm³/mol. The van der Waals surface area contributed by atoms with Crippen molar-refractivity contribution in [1.29, 1.82) is 5.26 Å². The molecule has 0 spiro atoms. The zero-order valence-corrected chi connectivity index (χ0v) is 22.0. The summed E-state index contributed by atoms with van der Waals surface area (Å²) >= 11 is 6.20. The van der Waals surface area contributed by atoms with Gasteiger partial charge in [0.05, 0.1) is 18.7 Å². The van der Waals surface area contributed by atoms with Crippen LogP contribution in [0.15, 0.2) is 18.2 Å². The highest BCUT2D eigenvalue weighted by molar-refractivity contribution is 6.31.